The maximum atomic E-state index is 12.3. The number of aliphatic hydroxyl groups is 5. The van der Waals surface area contributed by atoms with Gasteiger partial charge < -0.3 is 66.4 Å². The standard InChI is InChI=1S/C19H24N2O6S2.C19H23NO6S2.C11H14N2O4S.C11H18N2O4S.C7H4ClNO2S.C4H11NO2.H4N2/c20-13-17(24)19-8-7-18(28-19)16(23)6-3-14-1-4-15(5-2-14)29(25,26)21-9-11-27-12-10-22;1-14(22)18-8-9-19(27-18)17(23)7-4-15-2-5-16(6-3-15)28(24,25)20-10-12-26-13-11-21;1-12-10-2-4-11(5-3-10)18(15,16)13-6-8-17-9-7-14;12-9-10-1-3-11(4-2-10)18(15,16)13-5-7-17-8-6-14;1-9-6-2-4-7(5-3-6)12(8,10)11;5-1-3-7-4-2-6;1-2/h1-2,4-5,7-8,21-22H,3,6,9-13,20H2;2-3,5-6,8-9,20-21H,4,7,10-13H2,1H3;2-5,13-14H,6-9H2;1-4,13-14H,5-9,12H2;2-5H;6H,1-5H2;1-2H2. The van der Waals surface area contributed by atoms with Crippen LogP contribution in [0.4, 0.5) is 11.4 Å². The first-order chi connectivity index (χ1) is 54.3. The van der Waals surface area contributed by atoms with Gasteiger partial charge in [0.2, 0.25) is 40.1 Å². The van der Waals surface area contributed by atoms with Gasteiger partial charge in [0.15, 0.2) is 34.5 Å². The van der Waals surface area contributed by atoms with Crippen LogP contribution >= 0.6 is 33.4 Å². The molecule has 0 spiro atoms. The van der Waals surface area contributed by atoms with Crippen molar-refractivity contribution in [3.63, 3.8) is 0 Å². The third-order valence-corrected chi connectivity index (χ3v) is 23.6. The lowest BCUT2D eigenvalue weighted by atomic mass is 10.1. The molecule has 0 aliphatic rings. The van der Waals surface area contributed by atoms with Crippen molar-refractivity contribution in [3.8, 4) is 0 Å². The van der Waals surface area contributed by atoms with Gasteiger partial charge in [-0.1, -0.05) is 84.9 Å². The van der Waals surface area contributed by atoms with Crippen LogP contribution in [0.3, 0.4) is 0 Å². The number of rotatable bonds is 45. The van der Waals surface area contributed by atoms with E-state index in [4.69, 9.17) is 90.2 Å². The van der Waals surface area contributed by atoms with E-state index in [9.17, 15) is 61.3 Å². The number of nitrogens with two attached hydrogens (primary N) is 5. The second kappa shape index (κ2) is 59.2. The minimum Gasteiger partial charge on any atom is -0.394 e. The van der Waals surface area contributed by atoms with Crippen LogP contribution in [0.25, 0.3) is 9.69 Å². The molecule has 0 saturated heterocycles. The second-order valence-corrected chi connectivity index (χ2v) is 34.0. The summed E-state index contributed by atoms with van der Waals surface area (Å²) in [6, 6.07) is 36.7. The van der Waals surface area contributed by atoms with E-state index in [-0.39, 0.29) is 179 Å². The van der Waals surface area contributed by atoms with Crippen LogP contribution in [0.5, 0.6) is 0 Å². The van der Waals surface area contributed by atoms with E-state index in [0.717, 1.165) is 28.0 Å². The number of Topliss-reactive ketones (excluding diaryl/α,β-unsaturated/α-hetero) is 4. The molecule has 43 heteroatoms. The molecule has 0 amide bonds. The summed E-state index contributed by atoms with van der Waals surface area (Å²) in [6.07, 6.45) is 1.47. The average Bonchev–Trinajstić information content (AvgIpc) is 1.24. The molecular formula is C71H98ClN11O24S7. The summed E-state index contributed by atoms with van der Waals surface area (Å²) < 4.78 is 152. The van der Waals surface area contributed by atoms with Crippen molar-refractivity contribution in [2.45, 2.75) is 63.6 Å². The SMILES string of the molecule is CC(=O)c1ccc(C(=O)CCc2ccc(S(=O)(=O)NCCOCCO)cc2)s1.NCC(=O)c1ccc(C(=O)CCc2ccc(S(=O)(=O)NCCOCCO)cc2)s1.NCCOCCO.NCc1ccc(S(=O)(=O)NCCOCCO)cc1.NN.[C-]#[N+]c1ccc(S(=O)(=O)Cl)cc1.[C-]#[N+]c1ccc(S(=O)(=O)NCCOCCO)cc1. The van der Waals surface area contributed by atoms with E-state index >= 15 is 0 Å². The van der Waals surface area contributed by atoms with E-state index in [1.165, 1.54) is 103 Å². The molecule has 7 rings (SSSR count). The second-order valence-electron chi connectivity index (χ2n) is 22.2. The van der Waals surface area contributed by atoms with Gasteiger partial charge in [-0.2, -0.15) is 0 Å². The van der Waals surface area contributed by atoms with Gasteiger partial charge in [-0.15, -0.1) is 22.7 Å². The first kappa shape index (κ1) is 104. The number of thiophene rings is 2. The Kier molecular flexibility index (Phi) is 54.2. The van der Waals surface area contributed by atoms with Crippen molar-refractivity contribution in [1.82, 2.24) is 18.9 Å². The van der Waals surface area contributed by atoms with Crippen molar-refractivity contribution < 1.29 is 110 Å². The summed E-state index contributed by atoms with van der Waals surface area (Å²) >= 11 is 2.33. The number of nitrogens with zero attached hydrogens (tertiary/aromatic N) is 2. The lowest BCUT2D eigenvalue weighted by molar-refractivity contribution is 0.0961. The van der Waals surface area contributed by atoms with Gasteiger partial charge in [0.25, 0.3) is 9.05 Å². The average molecular weight is 1750 g/mol. The number of carbonyl (C=O) groups excluding carboxylic acids is 4. The van der Waals surface area contributed by atoms with Gasteiger partial charge in [-0.05, 0) is 97.1 Å². The van der Waals surface area contributed by atoms with E-state index in [1.54, 1.807) is 60.7 Å². The maximum Gasteiger partial charge on any atom is 0.261 e. The fourth-order valence-corrected chi connectivity index (χ4v) is 14.9. The van der Waals surface area contributed by atoms with Crippen molar-refractivity contribution in [1.29, 1.82) is 0 Å². The Morgan fingerprint density at radius 2 is 0.649 bits per heavy atom. The molecule has 0 radical (unpaired) electrons. The molecule has 0 fully saturated rings. The number of nitrogens with one attached hydrogen (secondary N) is 4. The number of hydrogen-bond donors (Lipinski definition) is 14. The zero-order valence-electron chi connectivity index (χ0n) is 62.3. The van der Waals surface area contributed by atoms with Gasteiger partial charge in [0, 0.05) is 62.8 Å². The lowest BCUT2D eigenvalue weighted by Crippen LogP contribution is -2.27. The third kappa shape index (κ3) is 43.4. The van der Waals surface area contributed by atoms with Crippen molar-refractivity contribution in [3.05, 3.63) is 205 Å². The first-order valence-electron chi connectivity index (χ1n) is 34.2. The number of aryl methyl sites for hydroxylation is 2. The Morgan fingerprint density at radius 1 is 0.386 bits per heavy atom. The van der Waals surface area contributed by atoms with Crippen LogP contribution in [0.15, 0.2) is 170 Å². The fraction of sp³-hybridized carbons (Fsp3) is 0.380. The third-order valence-electron chi connectivity index (χ3n) is 13.9. The lowest BCUT2D eigenvalue weighted by Gasteiger charge is -2.08. The predicted octanol–water partition coefficient (Wildman–Crippen LogP) is 2.94. The molecule has 2 heterocycles. The number of ketones is 4. The quantitative estimate of drug-likeness (QED) is 0.00651. The number of aliphatic hydroxyl groups excluding tert-OH is 5. The summed E-state index contributed by atoms with van der Waals surface area (Å²) in [5.74, 6) is 7.62. The van der Waals surface area contributed by atoms with Crippen LogP contribution in [0, 0.1) is 13.1 Å². The molecule has 0 saturated carbocycles. The van der Waals surface area contributed by atoms with Crippen molar-refractivity contribution in [2.24, 2.45) is 28.9 Å². The first-order valence-corrected chi connectivity index (χ1v) is 44.1. The smallest absolute Gasteiger partial charge is 0.261 e. The Hall–Kier alpha value is -7.56. The van der Waals surface area contributed by atoms with Crippen molar-refractivity contribution in [2.75, 3.05) is 138 Å². The van der Waals surface area contributed by atoms with E-state index in [1.807, 2.05) is 0 Å². The molecular weight excluding hydrogens is 1650 g/mol. The number of hydrazine groups is 1. The minimum absolute atomic E-state index is 0.0107. The van der Waals surface area contributed by atoms with Gasteiger partial charge in [0.05, 0.1) is 163 Å². The number of carbonyl (C=O) groups is 4. The topological polar surface area (TPSA) is 573 Å². The molecule has 0 atom stereocenters. The highest BCUT2D eigenvalue weighted by Gasteiger charge is 2.19. The maximum absolute atomic E-state index is 12.3. The van der Waals surface area contributed by atoms with E-state index in [0.29, 0.717) is 70.0 Å². The number of ether oxygens (including phenoxy) is 5. The molecule has 0 bridgehead atoms. The molecule has 114 heavy (non-hydrogen) atoms. The normalized spacial score (nSPS) is 11.1. The van der Waals surface area contributed by atoms with Crippen LogP contribution in [0.1, 0.15) is 75.1 Å². The Morgan fingerprint density at radius 3 is 0.904 bits per heavy atom. The van der Waals surface area contributed by atoms with Gasteiger partial charge in [-0.3, -0.25) is 30.9 Å². The summed E-state index contributed by atoms with van der Waals surface area (Å²) in [5, 5.41) is 42.3. The highest BCUT2D eigenvalue weighted by atomic mass is 35.7. The minimum atomic E-state index is -3.66. The molecule has 7 aromatic rings. The van der Waals surface area contributed by atoms with Gasteiger partial charge in [0.1, 0.15) is 0 Å². The number of halogens is 1. The van der Waals surface area contributed by atoms with Gasteiger partial charge >= 0.3 is 0 Å². The number of sulfonamides is 4. The fourth-order valence-electron chi connectivity index (χ4n) is 8.28. The van der Waals surface area contributed by atoms with Crippen LogP contribution in [-0.2, 0) is 92.2 Å². The van der Waals surface area contributed by atoms with E-state index in [2.05, 4.69) is 40.3 Å². The number of benzene rings is 5. The summed E-state index contributed by atoms with van der Waals surface area (Å²) in [5.41, 5.74) is 19.2. The van der Waals surface area contributed by atoms with Crippen LogP contribution in [0.2, 0.25) is 0 Å². The molecule has 630 valence electrons. The predicted molar refractivity (Wildman–Crippen MR) is 431 cm³/mol. The van der Waals surface area contributed by atoms with Crippen LogP contribution < -0.4 is 47.8 Å². The largest absolute Gasteiger partial charge is 0.394 e. The Labute approximate surface area is 677 Å². The summed E-state index contributed by atoms with van der Waals surface area (Å²) in [6.45, 7) is 18.3. The number of hydrogen-bond acceptors (Lipinski definition) is 31. The highest BCUT2D eigenvalue weighted by molar-refractivity contribution is 8.13. The zero-order valence-corrected chi connectivity index (χ0v) is 68.7. The zero-order chi connectivity index (χ0) is 85.4. The molecule has 0 aliphatic heterocycles. The Balaban J connectivity index is 0.000000711. The monoisotopic (exact) mass is 1750 g/mol. The molecule has 2 aromatic heterocycles. The van der Waals surface area contributed by atoms with Crippen molar-refractivity contribution >= 4 is 117 Å². The molecule has 5 aromatic carbocycles. The summed E-state index contributed by atoms with van der Waals surface area (Å²) in [7, 11) is -13.0. The molecule has 19 N–H and O–H groups in total. The van der Waals surface area contributed by atoms with Gasteiger partial charge in [-0.25, -0.2) is 70.7 Å². The summed E-state index contributed by atoms with van der Waals surface area (Å²) in [4.78, 5) is 56.4. The molecule has 35 nitrogen and oxygen atoms in total. The molecule has 0 unspecified atom stereocenters. The molecule has 0 aliphatic carbocycles. The highest BCUT2D eigenvalue weighted by Crippen LogP contribution is 2.24. The van der Waals surface area contributed by atoms with E-state index < -0.39 is 49.1 Å². The van der Waals surface area contributed by atoms with Crippen LogP contribution in [-0.4, -0.2) is 229 Å². The Bertz CT molecular complexity index is 4610.